The molecule has 20 heavy (non-hydrogen) atoms. The average Bonchev–Trinajstić information content (AvgIpc) is 3.08. The van der Waals surface area contributed by atoms with Gasteiger partial charge in [-0.05, 0) is 12.1 Å². The first kappa shape index (κ1) is 10.7. The molecule has 4 rings (SSSR count). The van der Waals surface area contributed by atoms with E-state index in [9.17, 15) is 9.59 Å². The van der Waals surface area contributed by atoms with E-state index in [1.807, 2.05) is 0 Å². The fourth-order valence-corrected chi connectivity index (χ4v) is 2.26. The molecule has 0 aliphatic carbocycles. The zero-order valence-corrected chi connectivity index (χ0v) is 10.1. The monoisotopic (exact) mass is 268 g/mol. The van der Waals surface area contributed by atoms with Crippen molar-refractivity contribution in [2.75, 3.05) is 0 Å². The Balaban J connectivity index is 2.19. The molecule has 0 atom stereocenters. The third-order valence-electron chi connectivity index (χ3n) is 3.19. The van der Waals surface area contributed by atoms with Crippen LogP contribution in [0.1, 0.15) is 0 Å². The number of aromatic nitrogens is 6. The molecule has 0 amide bonds. The Bertz CT molecular complexity index is 1050. The SMILES string of the molecule is O=c1ccn2[nH]cnc2c1-c1ccc2cn[nH]n2c1=O. The molecule has 4 aromatic heterocycles. The Kier molecular flexibility index (Phi) is 1.97. The maximum Gasteiger partial charge on any atom is 0.279 e. The number of rotatable bonds is 1. The highest BCUT2D eigenvalue weighted by atomic mass is 16.1. The summed E-state index contributed by atoms with van der Waals surface area (Å²) in [6.07, 6.45) is 4.57. The van der Waals surface area contributed by atoms with Crippen LogP contribution in [-0.4, -0.2) is 29.4 Å². The standard InChI is InChI=1S/C12H8N6O2/c19-9-3-4-17-11(13-6-15-17)10(9)8-2-1-7-5-14-16-18(7)12(8)20/h1-6,16H,(H,13,15). The van der Waals surface area contributed by atoms with Gasteiger partial charge in [0.1, 0.15) is 6.33 Å². The summed E-state index contributed by atoms with van der Waals surface area (Å²) < 4.78 is 2.86. The normalized spacial score (nSPS) is 11.4. The Morgan fingerprint density at radius 3 is 2.95 bits per heavy atom. The summed E-state index contributed by atoms with van der Waals surface area (Å²) in [5.74, 6) is 0. The molecule has 0 radical (unpaired) electrons. The summed E-state index contributed by atoms with van der Waals surface area (Å²) >= 11 is 0. The maximum atomic E-state index is 12.4. The van der Waals surface area contributed by atoms with Crippen LogP contribution in [0.5, 0.6) is 0 Å². The Hall–Kier alpha value is -3.16. The Labute approximate surface area is 110 Å². The largest absolute Gasteiger partial charge is 0.289 e. The number of H-pyrrole nitrogens is 2. The molecule has 0 aliphatic rings. The van der Waals surface area contributed by atoms with Crippen LogP contribution in [0.25, 0.3) is 22.3 Å². The number of aromatic amines is 2. The van der Waals surface area contributed by atoms with E-state index in [4.69, 9.17) is 0 Å². The van der Waals surface area contributed by atoms with Gasteiger partial charge < -0.3 is 0 Å². The van der Waals surface area contributed by atoms with Crippen molar-refractivity contribution < 1.29 is 0 Å². The van der Waals surface area contributed by atoms with Gasteiger partial charge in [0.15, 0.2) is 11.1 Å². The number of pyridine rings is 2. The van der Waals surface area contributed by atoms with Gasteiger partial charge in [0, 0.05) is 12.3 Å². The summed E-state index contributed by atoms with van der Waals surface area (Å²) in [5.41, 5.74) is 0.994. The van der Waals surface area contributed by atoms with E-state index in [2.05, 4.69) is 20.4 Å². The van der Waals surface area contributed by atoms with Gasteiger partial charge in [-0.2, -0.15) is 5.10 Å². The minimum Gasteiger partial charge on any atom is -0.289 e. The molecule has 0 saturated carbocycles. The lowest BCUT2D eigenvalue weighted by molar-refractivity contribution is 0.831. The van der Waals surface area contributed by atoms with Gasteiger partial charge in [-0.3, -0.25) is 14.7 Å². The van der Waals surface area contributed by atoms with E-state index in [0.717, 1.165) is 0 Å². The molecule has 0 aromatic carbocycles. The van der Waals surface area contributed by atoms with E-state index in [-0.39, 0.29) is 22.1 Å². The fraction of sp³-hybridized carbons (Fsp3) is 0. The van der Waals surface area contributed by atoms with E-state index < -0.39 is 0 Å². The first-order valence-electron chi connectivity index (χ1n) is 5.86. The third-order valence-corrected chi connectivity index (χ3v) is 3.19. The number of nitrogens with one attached hydrogen (secondary N) is 2. The van der Waals surface area contributed by atoms with Crippen molar-refractivity contribution in [2.45, 2.75) is 0 Å². The van der Waals surface area contributed by atoms with Crippen molar-refractivity contribution in [1.82, 2.24) is 29.4 Å². The lowest BCUT2D eigenvalue weighted by Crippen LogP contribution is -2.19. The molecule has 0 saturated heterocycles. The van der Waals surface area contributed by atoms with Crippen molar-refractivity contribution in [1.29, 1.82) is 0 Å². The molecule has 8 heteroatoms. The molecule has 4 heterocycles. The predicted octanol–water partition coefficient (Wildman–Crippen LogP) is 0.0256. The predicted molar refractivity (Wildman–Crippen MR) is 70.6 cm³/mol. The van der Waals surface area contributed by atoms with Gasteiger partial charge in [0.25, 0.3) is 5.56 Å². The van der Waals surface area contributed by atoms with E-state index >= 15 is 0 Å². The summed E-state index contributed by atoms with van der Waals surface area (Å²) in [5, 5.41) is 9.23. The molecule has 0 aliphatic heterocycles. The Morgan fingerprint density at radius 2 is 2.05 bits per heavy atom. The number of hydrogen-bond acceptors (Lipinski definition) is 4. The zero-order valence-electron chi connectivity index (χ0n) is 10.1. The Morgan fingerprint density at radius 1 is 1.15 bits per heavy atom. The van der Waals surface area contributed by atoms with E-state index in [1.165, 1.54) is 23.1 Å². The van der Waals surface area contributed by atoms with Crippen molar-refractivity contribution in [3.05, 3.63) is 57.5 Å². The maximum absolute atomic E-state index is 12.4. The highest BCUT2D eigenvalue weighted by Gasteiger charge is 2.15. The number of hydrogen-bond donors (Lipinski definition) is 2. The average molecular weight is 268 g/mol. The highest BCUT2D eigenvalue weighted by Crippen LogP contribution is 2.16. The molecular formula is C12H8N6O2. The summed E-state index contributed by atoms with van der Waals surface area (Å²) in [6, 6.07) is 4.72. The molecular weight excluding hydrogens is 260 g/mol. The van der Waals surface area contributed by atoms with Crippen LogP contribution in [0.15, 0.2) is 46.5 Å². The van der Waals surface area contributed by atoms with Gasteiger partial charge in [-0.15, -0.1) is 0 Å². The van der Waals surface area contributed by atoms with Crippen molar-refractivity contribution in [2.24, 2.45) is 0 Å². The van der Waals surface area contributed by atoms with Crippen LogP contribution < -0.4 is 11.0 Å². The van der Waals surface area contributed by atoms with Crippen molar-refractivity contribution in [3.63, 3.8) is 0 Å². The number of nitrogens with zero attached hydrogens (tertiary/aromatic N) is 4. The summed E-state index contributed by atoms with van der Waals surface area (Å²) in [6.45, 7) is 0. The number of fused-ring (bicyclic) bond motifs is 2. The molecule has 8 nitrogen and oxygen atoms in total. The first-order valence-corrected chi connectivity index (χ1v) is 5.86. The minimum atomic E-state index is -0.340. The van der Waals surface area contributed by atoms with Crippen LogP contribution in [0.4, 0.5) is 0 Å². The van der Waals surface area contributed by atoms with Crippen molar-refractivity contribution in [3.8, 4) is 11.1 Å². The highest BCUT2D eigenvalue weighted by molar-refractivity contribution is 5.77. The minimum absolute atomic E-state index is 0.256. The lowest BCUT2D eigenvalue weighted by atomic mass is 10.1. The smallest absolute Gasteiger partial charge is 0.279 e. The van der Waals surface area contributed by atoms with Gasteiger partial charge >= 0.3 is 0 Å². The molecule has 2 N–H and O–H groups in total. The molecule has 4 aromatic rings. The quantitative estimate of drug-likeness (QED) is 0.508. The topological polar surface area (TPSA) is 100 Å². The van der Waals surface area contributed by atoms with Crippen LogP contribution in [0.3, 0.4) is 0 Å². The summed E-state index contributed by atoms with van der Waals surface area (Å²) in [7, 11) is 0. The van der Waals surface area contributed by atoms with Crippen LogP contribution in [0.2, 0.25) is 0 Å². The van der Waals surface area contributed by atoms with Crippen LogP contribution in [-0.2, 0) is 0 Å². The van der Waals surface area contributed by atoms with Crippen LogP contribution in [0, 0.1) is 0 Å². The first-order chi connectivity index (χ1) is 9.75. The third kappa shape index (κ3) is 1.30. The van der Waals surface area contributed by atoms with E-state index in [1.54, 1.807) is 22.8 Å². The molecule has 0 bridgehead atoms. The van der Waals surface area contributed by atoms with Gasteiger partial charge in [-0.25, -0.2) is 19.2 Å². The molecule has 0 unspecified atom stereocenters. The van der Waals surface area contributed by atoms with Crippen molar-refractivity contribution >= 4 is 11.2 Å². The second-order valence-electron chi connectivity index (χ2n) is 4.31. The lowest BCUT2D eigenvalue weighted by Gasteiger charge is -2.02. The van der Waals surface area contributed by atoms with E-state index in [0.29, 0.717) is 11.2 Å². The summed E-state index contributed by atoms with van der Waals surface area (Å²) in [4.78, 5) is 28.6. The second-order valence-corrected chi connectivity index (χ2v) is 4.31. The second kappa shape index (κ2) is 3.67. The fourth-order valence-electron chi connectivity index (χ4n) is 2.26. The van der Waals surface area contributed by atoms with Crippen LogP contribution >= 0.6 is 0 Å². The molecule has 0 fully saturated rings. The molecule has 0 spiro atoms. The van der Waals surface area contributed by atoms with Gasteiger partial charge in [-0.1, -0.05) is 0 Å². The van der Waals surface area contributed by atoms with Gasteiger partial charge in [0.05, 0.1) is 22.8 Å². The van der Waals surface area contributed by atoms with Gasteiger partial charge in [0.2, 0.25) is 0 Å². The molecule has 98 valence electrons. The zero-order chi connectivity index (χ0) is 13.7.